The lowest BCUT2D eigenvalue weighted by atomic mass is 9.73. The van der Waals surface area contributed by atoms with Crippen molar-refractivity contribution in [2.24, 2.45) is 23.5 Å². The number of benzene rings is 1. The highest BCUT2D eigenvalue weighted by atomic mass is 19.4. The Morgan fingerprint density at radius 3 is 2.55 bits per heavy atom. The van der Waals surface area contributed by atoms with Crippen LogP contribution in [0.1, 0.15) is 37.2 Å². The molecule has 38 heavy (non-hydrogen) atoms. The lowest BCUT2D eigenvalue weighted by molar-refractivity contribution is -0.136. The maximum absolute atomic E-state index is 13.2. The number of hydrogen-bond donors (Lipinski definition) is 1. The van der Waals surface area contributed by atoms with E-state index in [-0.39, 0.29) is 11.5 Å². The number of hydrazone groups is 1. The maximum Gasteiger partial charge on any atom is 0.405 e. The van der Waals surface area contributed by atoms with Crippen LogP contribution in [0.5, 0.6) is 0 Å². The van der Waals surface area contributed by atoms with Gasteiger partial charge in [0.15, 0.2) is 0 Å². The number of fused-ring (bicyclic) bond motifs is 2. The van der Waals surface area contributed by atoms with E-state index < -0.39 is 24.0 Å². The van der Waals surface area contributed by atoms with Crippen molar-refractivity contribution in [3.8, 4) is 0 Å². The van der Waals surface area contributed by atoms with Gasteiger partial charge in [0.1, 0.15) is 12.2 Å². The number of aromatic nitrogens is 1. The van der Waals surface area contributed by atoms with E-state index in [0.29, 0.717) is 31.2 Å². The van der Waals surface area contributed by atoms with E-state index in [0.717, 1.165) is 41.6 Å². The molecule has 0 radical (unpaired) electrons. The maximum atomic E-state index is 13.2. The Morgan fingerprint density at radius 1 is 1.16 bits per heavy atom. The molecule has 0 spiro atoms. The minimum Gasteiger partial charge on any atom is -0.343 e. The third-order valence-corrected chi connectivity index (χ3v) is 8.19. The summed E-state index contributed by atoms with van der Waals surface area (Å²) in [5.74, 6) is -0.315. The van der Waals surface area contributed by atoms with Crippen molar-refractivity contribution in [1.82, 2.24) is 19.8 Å². The van der Waals surface area contributed by atoms with Crippen molar-refractivity contribution in [3.63, 3.8) is 0 Å². The standard InChI is InChI=1S/C28H32F3N5O2/c1-18-21(25(37)32-16-28(29,30)31)8-9-24-27(18,2)17-36(33-24)15-19-10-12-35(13-11-19)26(38)23-14-20-6-4-5-7-22(20)34(23)3/h4-9,14,19H,10-13,15-17H2,1-3H3,(H,32,37). The fourth-order valence-corrected chi connectivity index (χ4v) is 5.76. The molecule has 10 heteroatoms. The van der Waals surface area contributed by atoms with Crippen molar-refractivity contribution in [2.75, 3.05) is 32.7 Å². The average Bonchev–Trinajstić information content (AvgIpc) is 3.39. The molecule has 1 aliphatic carbocycles. The summed E-state index contributed by atoms with van der Waals surface area (Å²) in [5, 5.41) is 9.81. The van der Waals surface area contributed by atoms with Crippen LogP contribution in [0.15, 0.2) is 58.7 Å². The predicted molar refractivity (Wildman–Crippen MR) is 140 cm³/mol. The van der Waals surface area contributed by atoms with E-state index in [1.807, 2.05) is 64.1 Å². The molecule has 2 aromatic rings. The monoisotopic (exact) mass is 527 g/mol. The number of carbonyl (C=O) groups excluding carboxylic acids is 2. The minimum absolute atomic E-state index is 0.0457. The zero-order chi connectivity index (χ0) is 27.2. The summed E-state index contributed by atoms with van der Waals surface area (Å²) in [6.45, 7) is 5.05. The molecular weight excluding hydrogens is 495 g/mol. The summed E-state index contributed by atoms with van der Waals surface area (Å²) in [7, 11) is 1.92. The Balaban J connectivity index is 1.19. The number of piperidine rings is 1. The van der Waals surface area contributed by atoms with Crippen LogP contribution in [0.4, 0.5) is 13.2 Å². The number of alkyl halides is 3. The SMILES string of the molecule is CC1=C(C(=O)NCC(F)(F)F)C=CC2=NN(CC3CCN(C(=O)c4cc5ccccc5n4C)CC3)CC21C. The van der Waals surface area contributed by atoms with Crippen LogP contribution in [-0.4, -0.2) is 70.9 Å². The van der Waals surface area contributed by atoms with Gasteiger partial charge >= 0.3 is 6.18 Å². The number of allylic oxidation sites excluding steroid dienone is 1. The predicted octanol–water partition coefficient (Wildman–Crippen LogP) is 4.27. The van der Waals surface area contributed by atoms with Gasteiger partial charge in [-0.2, -0.15) is 18.3 Å². The van der Waals surface area contributed by atoms with Gasteiger partial charge in [0.2, 0.25) is 0 Å². The smallest absolute Gasteiger partial charge is 0.343 e. The van der Waals surface area contributed by atoms with E-state index in [1.54, 1.807) is 19.1 Å². The first-order valence-corrected chi connectivity index (χ1v) is 12.9. The van der Waals surface area contributed by atoms with Crippen molar-refractivity contribution < 1.29 is 22.8 Å². The van der Waals surface area contributed by atoms with Gasteiger partial charge in [-0.1, -0.05) is 18.2 Å². The van der Waals surface area contributed by atoms with E-state index in [2.05, 4.69) is 0 Å². The number of amides is 2. The first kappa shape index (κ1) is 26.1. The summed E-state index contributed by atoms with van der Waals surface area (Å²) >= 11 is 0. The van der Waals surface area contributed by atoms with Gasteiger partial charge in [0.25, 0.3) is 11.8 Å². The molecule has 1 unspecified atom stereocenters. The molecule has 1 atom stereocenters. The van der Waals surface area contributed by atoms with Crippen LogP contribution in [0.2, 0.25) is 0 Å². The second-order valence-electron chi connectivity index (χ2n) is 10.7. The number of halogens is 3. The Morgan fingerprint density at radius 2 is 1.87 bits per heavy atom. The number of likely N-dealkylation sites (tertiary alicyclic amines) is 1. The van der Waals surface area contributed by atoms with Gasteiger partial charge in [-0.05, 0) is 62.5 Å². The third kappa shape index (κ3) is 4.83. The van der Waals surface area contributed by atoms with Crippen molar-refractivity contribution in [1.29, 1.82) is 0 Å². The number of nitrogens with zero attached hydrogens (tertiary/aromatic N) is 4. The highest BCUT2D eigenvalue weighted by molar-refractivity contribution is 6.09. The van der Waals surface area contributed by atoms with E-state index in [1.165, 1.54) is 0 Å². The van der Waals surface area contributed by atoms with E-state index in [4.69, 9.17) is 5.10 Å². The lowest BCUT2D eigenvalue weighted by Crippen LogP contribution is -2.42. The molecule has 7 nitrogen and oxygen atoms in total. The van der Waals surface area contributed by atoms with Crippen molar-refractivity contribution in [3.05, 3.63) is 59.3 Å². The lowest BCUT2D eigenvalue weighted by Gasteiger charge is -2.35. The fraction of sp³-hybridized carbons (Fsp3) is 0.464. The molecule has 0 bridgehead atoms. The zero-order valence-electron chi connectivity index (χ0n) is 21.8. The highest BCUT2D eigenvalue weighted by Gasteiger charge is 2.43. The number of rotatable bonds is 5. The van der Waals surface area contributed by atoms with Crippen LogP contribution in [0.3, 0.4) is 0 Å². The molecular formula is C28H32F3N5O2. The Bertz CT molecular complexity index is 1360. The number of aryl methyl sites for hydroxylation is 1. The second kappa shape index (κ2) is 9.63. The summed E-state index contributed by atoms with van der Waals surface area (Å²) in [4.78, 5) is 27.6. The molecule has 1 saturated heterocycles. The molecule has 5 rings (SSSR count). The normalized spacial score (nSPS) is 22.2. The van der Waals surface area contributed by atoms with Crippen LogP contribution >= 0.6 is 0 Å². The summed E-state index contributed by atoms with van der Waals surface area (Å²) < 4.78 is 39.6. The summed E-state index contributed by atoms with van der Waals surface area (Å²) in [6, 6.07) is 9.91. The average molecular weight is 528 g/mol. The fourth-order valence-electron chi connectivity index (χ4n) is 5.76. The third-order valence-electron chi connectivity index (χ3n) is 8.19. The number of carbonyl (C=O) groups is 2. The molecule has 3 heterocycles. The summed E-state index contributed by atoms with van der Waals surface area (Å²) in [5.41, 5.74) is 2.98. The molecule has 2 aliphatic heterocycles. The Labute approximate surface area is 219 Å². The number of hydrogen-bond acceptors (Lipinski definition) is 4. The Hall–Kier alpha value is -3.56. The second-order valence-corrected chi connectivity index (χ2v) is 10.7. The van der Waals surface area contributed by atoms with Gasteiger partial charge in [-0.25, -0.2) is 0 Å². The van der Waals surface area contributed by atoms with Crippen LogP contribution in [0.25, 0.3) is 10.9 Å². The van der Waals surface area contributed by atoms with Crippen molar-refractivity contribution >= 4 is 28.4 Å². The first-order chi connectivity index (χ1) is 18.0. The summed E-state index contributed by atoms with van der Waals surface area (Å²) in [6.07, 6.45) is 0.564. The first-order valence-electron chi connectivity index (χ1n) is 12.9. The highest BCUT2D eigenvalue weighted by Crippen LogP contribution is 2.40. The largest absolute Gasteiger partial charge is 0.405 e. The zero-order valence-corrected chi connectivity index (χ0v) is 21.8. The molecule has 1 fully saturated rings. The van der Waals surface area contributed by atoms with E-state index in [9.17, 15) is 22.8 Å². The molecule has 1 aromatic carbocycles. The quantitative estimate of drug-likeness (QED) is 0.632. The van der Waals surface area contributed by atoms with Crippen molar-refractivity contribution in [2.45, 2.75) is 32.9 Å². The van der Waals surface area contributed by atoms with Gasteiger partial charge in [-0.15, -0.1) is 0 Å². The minimum atomic E-state index is -4.46. The van der Waals surface area contributed by atoms with Crippen LogP contribution in [0, 0.1) is 11.3 Å². The van der Waals surface area contributed by atoms with Crippen LogP contribution in [-0.2, 0) is 11.8 Å². The molecule has 2 amide bonds. The molecule has 202 valence electrons. The Kier molecular flexibility index (Phi) is 6.61. The number of para-hydroxylation sites is 1. The molecule has 0 saturated carbocycles. The van der Waals surface area contributed by atoms with Gasteiger partial charge in [0, 0.05) is 43.2 Å². The van der Waals surface area contributed by atoms with Crippen LogP contribution < -0.4 is 5.32 Å². The topological polar surface area (TPSA) is 69.9 Å². The number of nitrogens with one attached hydrogen (secondary N) is 1. The van der Waals surface area contributed by atoms with Gasteiger partial charge in [0.05, 0.1) is 17.7 Å². The van der Waals surface area contributed by atoms with Gasteiger partial charge in [-0.3, -0.25) is 14.6 Å². The molecule has 1 N–H and O–H groups in total. The van der Waals surface area contributed by atoms with E-state index >= 15 is 0 Å². The van der Waals surface area contributed by atoms with Gasteiger partial charge < -0.3 is 14.8 Å². The molecule has 3 aliphatic rings. The molecule has 1 aromatic heterocycles.